The normalized spacial score (nSPS) is 12.2. The molecule has 0 unspecified atom stereocenters. The zero-order chi connectivity index (χ0) is 34.6. The van der Waals surface area contributed by atoms with Gasteiger partial charge in [-0.05, 0) is 161 Å². The molecule has 2 aliphatic carbocycles. The highest BCUT2D eigenvalue weighted by atomic mass is 15.1. The Labute approximate surface area is 307 Å². The lowest BCUT2D eigenvalue weighted by atomic mass is 9.77. The van der Waals surface area contributed by atoms with Gasteiger partial charge in [-0.3, -0.25) is 0 Å². The Hall–Kier alpha value is -6.96. The molecule has 0 aliphatic heterocycles. The maximum atomic E-state index is 2.48. The average Bonchev–Trinajstić information content (AvgIpc) is 3.22. The number of hydrogen-bond donors (Lipinski definition) is 0. The fourth-order valence-electron chi connectivity index (χ4n) is 8.99. The van der Waals surface area contributed by atoms with Crippen molar-refractivity contribution in [3.05, 3.63) is 188 Å². The second-order valence-electron chi connectivity index (χ2n) is 14.5. The summed E-state index contributed by atoms with van der Waals surface area (Å²) in [6, 6.07) is 69.8. The molecule has 10 aromatic rings. The lowest BCUT2D eigenvalue weighted by Crippen LogP contribution is -2.12. The summed E-state index contributed by atoms with van der Waals surface area (Å²) in [6.07, 6.45) is 0. The van der Waals surface area contributed by atoms with Gasteiger partial charge in [0.05, 0.1) is 11.4 Å². The third-order valence-electron chi connectivity index (χ3n) is 11.6. The Morgan fingerprint density at radius 2 is 0.585 bits per heavy atom. The van der Waals surface area contributed by atoms with Gasteiger partial charge in [-0.15, -0.1) is 0 Å². The van der Waals surface area contributed by atoms with E-state index in [1.807, 2.05) is 0 Å². The van der Waals surface area contributed by atoms with Crippen LogP contribution in [0.4, 0.5) is 17.1 Å². The van der Waals surface area contributed by atoms with Crippen LogP contribution in [0.15, 0.2) is 188 Å². The van der Waals surface area contributed by atoms with Crippen LogP contribution in [0, 0.1) is 0 Å². The standard InChI is InChI=1S/C52H31N/c1-2-10-32(11-3-1)33-20-22-40(23-21-33)53(51-18-8-16-38-28-47-43-24-34-12-4-6-14-36(34)26-45(43)49(47)30-41(38)51)52-19-9-17-39-29-48-44-25-35-13-5-7-15-37(35)27-46(44)50(48)31-42(39)52/h1-31H. The predicted octanol–water partition coefficient (Wildman–Crippen LogP) is 14.7. The van der Waals surface area contributed by atoms with Crippen LogP contribution in [-0.4, -0.2) is 0 Å². The molecule has 0 atom stereocenters. The first-order valence-corrected chi connectivity index (χ1v) is 18.4. The number of anilines is 3. The van der Waals surface area contributed by atoms with Gasteiger partial charge >= 0.3 is 0 Å². The van der Waals surface area contributed by atoms with Gasteiger partial charge in [-0.1, -0.05) is 115 Å². The van der Waals surface area contributed by atoms with Crippen LogP contribution < -0.4 is 4.90 Å². The molecule has 244 valence electrons. The van der Waals surface area contributed by atoms with Gasteiger partial charge in [0, 0.05) is 16.5 Å². The van der Waals surface area contributed by atoms with Crippen LogP contribution in [0.25, 0.3) is 98.7 Å². The second-order valence-corrected chi connectivity index (χ2v) is 14.5. The third kappa shape index (κ3) is 4.19. The van der Waals surface area contributed by atoms with Crippen molar-refractivity contribution in [2.24, 2.45) is 0 Å². The highest BCUT2D eigenvalue weighted by molar-refractivity contribution is 6.17. The van der Waals surface area contributed by atoms with E-state index in [-0.39, 0.29) is 0 Å². The van der Waals surface area contributed by atoms with Crippen molar-refractivity contribution >= 4 is 60.2 Å². The van der Waals surface area contributed by atoms with Crippen molar-refractivity contribution in [3.8, 4) is 55.6 Å². The summed E-state index contributed by atoms with van der Waals surface area (Å²) in [5.41, 5.74) is 16.6. The molecule has 0 fully saturated rings. The predicted molar refractivity (Wildman–Crippen MR) is 225 cm³/mol. The summed E-state index contributed by atoms with van der Waals surface area (Å²) in [5.74, 6) is 0. The fourth-order valence-corrected chi connectivity index (χ4v) is 8.99. The Balaban J connectivity index is 1.07. The van der Waals surface area contributed by atoms with Gasteiger partial charge in [0.2, 0.25) is 0 Å². The molecule has 0 saturated heterocycles. The van der Waals surface area contributed by atoms with Crippen LogP contribution >= 0.6 is 0 Å². The van der Waals surface area contributed by atoms with Crippen LogP contribution in [0.1, 0.15) is 0 Å². The summed E-state index contributed by atoms with van der Waals surface area (Å²) in [4.78, 5) is 2.48. The van der Waals surface area contributed by atoms with Crippen LogP contribution in [0.5, 0.6) is 0 Å². The fraction of sp³-hybridized carbons (Fsp3) is 0. The molecular weight excluding hydrogens is 639 g/mol. The van der Waals surface area contributed by atoms with E-state index in [4.69, 9.17) is 0 Å². The average molecular weight is 670 g/mol. The highest BCUT2D eigenvalue weighted by Gasteiger charge is 2.28. The van der Waals surface area contributed by atoms with E-state index < -0.39 is 0 Å². The van der Waals surface area contributed by atoms with Crippen molar-refractivity contribution in [1.82, 2.24) is 0 Å². The molecule has 0 aromatic heterocycles. The van der Waals surface area contributed by atoms with Gasteiger partial charge in [-0.25, -0.2) is 0 Å². The minimum Gasteiger partial charge on any atom is -0.309 e. The lowest BCUT2D eigenvalue weighted by molar-refractivity contribution is 1.31. The van der Waals surface area contributed by atoms with E-state index in [0.717, 1.165) is 5.69 Å². The molecular formula is C52H31N. The number of benzene rings is 10. The van der Waals surface area contributed by atoms with Crippen LogP contribution in [-0.2, 0) is 0 Å². The maximum absolute atomic E-state index is 2.48. The number of hydrogen-bond acceptors (Lipinski definition) is 1. The Morgan fingerprint density at radius 3 is 1.02 bits per heavy atom. The zero-order valence-corrected chi connectivity index (χ0v) is 28.8. The lowest BCUT2D eigenvalue weighted by Gasteiger charge is -2.31. The smallest absolute Gasteiger partial charge is 0.0540 e. The number of rotatable bonds is 4. The summed E-state index contributed by atoms with van der Waals surface area (Å²) in [5, 5.41) is 10.1. The Bertz CT molecular complexity index is 2980. The minimum atomic E-state index is 1.13. The molecule has 0 spiro atoms. The van der Waals surface area contributed by atoms with Gasteiger partial charge in [0.25, 0.3) is 0 Å². The molecule has 0 saturated carbocycles. The van der Waals surface area contributed by atoms with E-state index in [1.54, 1.807) is 0 Å². The first-order chi connectivity index (χ1) is 26.2. The van der Waals surface area contributed by atoms with E-state index in [1.165, 1.54) is 110 Å². The quantitative estimate of drug-likeness (QED) is 0.180. The molecule has 1 nitrogen and oxygen atoms in total. The third-order valence-corrected chi connectivity index (χ3v) is 11.6. The Kier molecular flexibility index (Phi) is 5.84. The van der Waals surface area contributed by atoms with Gasteiger partial charge in [-0.2, -0.15) is 0 Å². The highest BCUT2D eigenvalue weighted by Crippen LogP contribution is 2.54. The molecule has 10 aromatic carbocycles. The van der Waals surface area contributed by atoms with Crippen molar-refractivity contribution in [3.63, 3.8) is 0 Å². The van der Waals surface area contributed by atoms with E-state index >= 15 is 0 Å². The topological polar surface area (TPSA) is 3.24 Å². The molecule has 12 rings (SSSR count). The first-order valence-electron chi connectivity index (χ1n) is 18.4. The van der Waals surface area contributed by atoms with Crippen molar-refractivity contribution in [2.45, 2.75) is 0 Å². The van der Waals surface area contributed by atoms with Crippen molar-refractivity contribution < 1.29 is 0 Å². The molecule has 0 N–H and O–H groups in total. The molecule has 0 bridgehead atoms. The summed E-state index contributed by atoms with van der Waals surface area (Å²) in [6.45, 7) is 0. The van der Waals surface area contributed by atoms with Crippen LogP contribution in [0.2, 0.25) is 0 Å². The SMILES string of the molecule is c1ccc(-c2ccc(N(c3cccc4cc5c(cc34)-c3cc4ccccc4cc3-5)c3cccc4cc5c(cc34)-c3cc4ccccc4cc3-5)cc2)cc1. The van der Waals surface area contributed by atoms with Crippen LogP contribution in [0.3, 0.4) is 0 Å². The molecule has 0 amide bonds. The van der Waals surface area contributed by atoms with E-state index in [0.29, 0.717) is 0 Å². The number of fused-ring (bicyclic) bond motifs is 12. The molecule has 53 heavy (non-hydrogen) atoms. The Morgan fingerprint density at radius 1 is 0.245 bits per heavy atom. The summed E-state index contributed by atoms with van der Waals surface area (Å²) in [7, 11) is 0. The molecule has 2 aliphatic rings. The minimum absolute atomic E-state index is 1.13. The molecule has 0 radical (unpaired) electrons. The summed E-state index contributed by atoms with van der Waals surface area (Å²) < 4.78 is 0. The van der Waals surface area contributed by atoms with Gasteiger partial charge in [0.1, 0.15) is 0 Å². The monoisotopic (exact) mass is 669 g/mol. The number of nitrogens with zero attached hydrogens (tertiary/aromatic N) is 1. The van der Waals surface area contributed by atoms with Crippen molar-refractivity contribution in [2.75, 3.05) is 4.90 Å². The zero-order valence-electron chi connectivity index (χ0n) is 28.8. The molecule has 0 heterocycles. The van der Waals surface area contributed by atoms with E-state index in [2.05, 4.69) is 193 Å². The van der Waals surface area contributed by atoms with Gasteiger partial charge in [0.15, 0.2) is 0 Å². The molecule has 1 heteroatoms. The van der Waals surface area contributed by atoms with Crippen molar-refractivity contribution in [1.29, 1.82) is 0 Å². The second kappa shape index (κ2) is 10.8. The largest absolute Gasteiger partial charge is 0.309 e. The maximum Gasteiger partial charge on any atom is 0.0540 e. The van der Waals surface area contributed by atoms with E-state index in [9.17, 15) is 0 Å². The van der Waals surface area contributed by atoms with Gasteiger partial charge < -0.3 is 4.90 Å². The first kappa shape index (κ1) is 28.7. The summed E-state index contributed by atoms with van der Waals surface area (Å²) >= 11 is 0.